The Morgan fingerprint density at radius 2 is 1.65 bits per heavy atom. The zero-order valence-electron chi connectivity index (χ0n) is 22.4. The van der Waals surface area contributed by atoms with E-state index < -0.39 is 0 Å². The Morgan fingerprint density at radius 1 is 0.825 bits per heavy atom. The van der Waals surface area contributed by atoms with E-state index in [1.807, 2.05) is 12.1 Å². The molecule has 0 aromatic heterocycles. The molecule has 1 nitrogen and oxygen atoms in total. The van der Waals surface area contributed by atoms with Gasteiger partial charge < -0.3 is 4.74 Å². The number of allylic oxidation sites excluding steroid dienone is 8. The van der Waals surface area contributed by atoms with E-state index in [9.17, 15) is 0 Å². The Balaban J connectivity index is 1.29. The van der Waals surface area contributed by atoms with Crippen molar-refractivity contribution in [2.24, 2.45) is 0 Å². The van der Waals surface area contributed by atoms with E-state index in [1.165, 1.54) is 44.5 Å². The van der Waals surface area contributed by atoms with Crippen molar-refractivity contribution in [2.75, 3.05) is 0 Å². The molecular formula is C38H29ClO. The van der Waals surface area contributed by atoms with Crippen molar-refractivity contribution < 1.29 is 4.74 Å². The molecule has 0 radical (unpaired) electrons. The third-order valence-electron chi connectivity index (χ3n) is 9.49. The molecule has 0 saturated carbocycles. The molecule has 4 aromatic carbocycles. The largest absolute Gasteiger partial charge is 0.460 e. The van der Waals surface area contributed by atoms with E-state index in [0.29, 0.717) is 10.9 Å². The molecule has 0 fully saturated rings. The van der Waals surface area contributed by atoms with E-state index in [1.54, 1.807) is 0 Å². The Labute approximate surface area is 240 Å². The van der Waals surface area contributed by atoms with Crippen molar-refractivity contribution in [3.8, 4) is 5.75 Å². The molecule has 0 N–H and O–H groups in total. The topological polar surface area (TPSA) is 9.23 Å². The van der Waals surface area contributed by atoms with Gasteiger partial charge in [0.25, 0.3) is 0 Å². The van der Waals surface area contributed by atoms with Gasteiger partial charge in [0.05, 0.1) is 10.8 Å². The first-order chi connectivity index (χ1) is 19.6. The number of rotatable bonds is 3. The van der Waals surface area contributed by atoms with E-state index in [-0.39, 0.29) is 10.8 Å². The van der Waals surface area contributed by atoms with Gasteiger partial charge in [0.2, 0.25) is 0 Å². The van der Waals surface area contributed by atoms with E-state index in [4.69, 9.17) is 16.3 Å². The van der Waals surface area contributed by atoms with Crippen LogP contribution in [0.4, 0.5) is 0 Å². The monoisotopic (exact) mass is 536 g/mol. The minimum atomic E-state index is -0.336. The maximum absolute atomic E-state index is 6.40. The van der Waals surface area contributed by atoms with Gasteiger partial charge in [0.15, 0.2) is 0 Å². The van der Waals surface area contributed by atoms with Crippen LogP contribution in [0.3, 0.4) is 0 Å². The highest BCUT2D eigenvalue weighted by atomic mass is 35.5. The number of hydrogen-bond donors (Lipinski definition) is 0. The fourth-order valence-electron chi connectivity index (χ4n) is 7.55. The summed E-state index contributed by atoms with van der Waals surface area (Å²) in [7, 11) is 0. The van der Waals surface area contributed by atoms with Crippen LogP contribution in [0.1, 0.15) is 59.1 Å². The average Bonchev–Trinajstić information content (AvgIpc) is 3.46. The highest BCUT2D eigenvalue weighted by Crippen LogP contribution is 2.59. The number of hydrogen-bond acceptors (Lipinski definition) is 1. The molecule has 0 amide bonds. The van der Waals surface area contributed by atoms with Crippen molar-refractivity contribution in [3.05, 3.63) is 177 Å². The van der Waals surface area contributed by atoms with Gasteiger partial charge in [-0.1, -0.05) is 115 Å². The van der Waals surface area contributed by atoms with Gasteiger partial charge in [0, 0.05) is 16.5 Å². The fraction of sp³-hybridized carbons (Fsp3) is 0.158. The molecule has 8 rings (SSSR count). The van der Waals surface area contributed by atoms with Crippen LogP contribution in [-0.4, -0.2) is 0 Å². The number of halogens is 1. The summed E-state index contributed by atoms with van der Waals surface area (Å²) in [6.07, 6.45) is 13.5. The second-order valence-corrected chi connectivity index (χ2v) is 12.0. The van der Waals surface area contributed by atoms with Crippen LogP contribution in [0.2, 0.25) is 5.02 Å². The first-order valence-corrected chi connectivity index (χ1v) is 14.5. The predicted octanol–water partition coefficient (Wildman–Crippen LogP) is 9.68. The highest BCUT2D eigenvalue weighted by molar-refractivity contribution is 6.30. The van der Waals surface area contributed by atoms with Crippen LogP contribution >= 0.6 is 11.6 Å². The van der Waals surface area contributed by atoms with E-state index >= 15 is 0 Å². The third-order valence-corrected chi connectivity index (χ3v) is 9.72. The number of benzene rings is 4. The summed E-state index contributed by atoms with van der Waals surface area (Å²) in [4.78, 5) is 0. The lowest BCUT2D eigenvalue weighted by molar-refractivity contribution is 0.378. The van der Waals surface area contributed by atoms with Crippen LogP contribution in [0, 0.1) is 0 Å². The van der Waals surface area contributed by atoms with Crippen LogP contribution < -0.4 is 4.74 Å². The second kappa shape index (κ2) is 8.71. The number of fused-ring (bicyclic) bond motifs is 6. The smallest absolute Gasteiger partial charge is 0.132 e. The molecule has 3 aliphatic carbocycles. The first-order valence-electron chi connectivity index (χ1n) is 14.1. The lowest BCUT2D eigenvalue weighted by Crippen LogP contribution is -2.30. The average molecular weight is 537 g/mol. The molecule has 1 heterocycles. The molecule has 40 heavy (non-hydrogen) atoms. The summed E-state index contributed by atoms with van der Waals surface area (Å²) in [6.45, 7) is 2.27. The fourth-order valence-corrected chi connectivity index (χ4v) is 7.72. The van der Waals surface area contributed by atoms with Crippen molar-refractivity contribution >= 4 is 17.2 Å². The molecule has 2 heteroatoms. The van der Waals surface area contributed by atoms with E-state index in [2.05, 4.69) is 122 Å². The summed E-state index contributed by atoms with van der Waals surface area (Å²) >= 11 is 6.30. The maximum atomic E-state index is 6.40. The summed E-state index contributed by atoms with van der Waals surface area (Å²) in [5, 5.41) is 0.704. The van der Waals surface area contributed by atoms with Crippen LogP contribution in [-0.2, 0) is 10.8 Å². The van der Waals surface area contributed by atoms with Gasteiger partial charge in [-0.3, -0.25) is 0 Å². The van der Waals surface area contributed by atoms with Gasteiger partial charge in [-0.05, 0) is 83.0 Å². The van der Waals surface area contributed by atoms with Gasteiger partial charge >= 0.3 is 0 Å². The Morgan fingerprint density at radius 3 is 2.55 bits per heavy atom. The number of ether oxygens (including phenoxy) is 1. The molecule has 0 bridgehead atoms. The summed E-state index contributed by atoms with van der Waals surface area (Å²) in [6, 6.07) is 35.3. The van der Waals surface area contributed by atoms with E-state index in [0.717, 1.165) is 24.4 Å². The minimum Gasteiger partial charge on any atom is -0.460 e. The molecule has 4 aromatic rings. The first kappa shape index (κ1) is 23.8. The van der Waals surface area contributed by atoms with Gasteiger partial charge in [0.1, 0.15) is 11.5 Å². The van der Waals surface area contributed by atoms with Crippen LogP contribution in [0.15, 0.2) is 139 Å². The van der Waals surface area contributed by atoms with Crippen LogP contribution in [0.5, 0.6) is 5.75 Å². The van der Waals surface area contributed by atoms with Crippen molar-refractivity contribution in [1.29, 1.82) is 0 Å². The molecular weight excluding hydrogens is 508 g/mol. The van der Waals surface area contributed by atoms with Crippen LogP contribution in [0.25, 0.3) is 5.57 Å². The van der Waals surface area contributed by atoms with Crippen molar-refractivity contribution in [3.63, 3.8) is 0 Å². The molecule has 0 spiro atoms. The maximum Gasteiger partial charge on any atom is 0.132 e. The molecule has 0 saturated heterocycles. The highest BCUT2D eigenvalue weighted by Gasteiger charge is 2.50. The SMILES string of the molecule is CC12CC=C(c3cccc(C4(c5ccccc5)C5=CC=CCC5c5ccccc54)c3)C=C1Oc1cc(Cl)ccc12. The Kier molecular flexibility index (Phi) is 5.18. The van der Waals surface area contributed by atoms with Crippen molar-refractivity contribution in [2.45, 2.75) is 36.5 Å². The zero-order chi connectivity index (χ0) is 26.9. The Bertz CT molecular complexity index is 1810. The molecule has 4 aliphatic rings. The molecule has 3 atom stereocenters. The lowest BCUT2D eigenvalue weighted by atomic mass is 9.65. The second-order valence-electron chi connectivity index (χ2n) is 11.6. The summed E-state index contributed by atoms with van der Waals surface area (Å²) in [5.41, 5.74) is 10.1. The quantitative estimate of drug-likeness (QED) is 0.253. The lowest BCUT2D eigenvalue weighted by Gasteiger charge is -2.36. The Hall–Kier alpha value is -4.07. The minimum absolute atomic E-state index is 0.164. The molecule has 194 valence electrons. The molecule has 1 aliphatic heterocycles. The summed E-state index contributed by atoms with van der Waals surface area (Å²) < 4.78 is 6.40. The van der Waals surface area contributed by atoms with Crippen molar-refractivity contribution in [1.82, 2.24) is 0 Å². The standard InChI is InChI=1S/C38H29ClO/c1-37-21-20-26(23-36(37)40-35-24-29(39)18-19-34(35)37)25-10-9-13-28(22-25)38(27-11-3-2-4-12-27)32-16-7-5-14-30(32)31-15-6-8-17-33(31)38/h2-14,16-20,22-24,31H,15,21H2,1H3. The van der Waals surface area contributed by atoms with Gasteiger partial charge in [-0.25, -0.2) is 0 Å². The predicted molar refractivity (Wildman–Crippen MR) is 164 cm³/mol. The summed E-state index contributed by atoms with van der Waals surface area (Å²) in [5.74, 6) is 2.26. The van der Waals surface area contributed by atoms with Gasteiger partial charge in [-0.2, -0.15) is 0 Å². The zero-order valence-corrected chi connectivity index (χ0v) is 23.2. The molecule has 3 unspecified atom stereocenters. The van der Waals surface area contributed by atoms with Gasteiger partial charge in [-0.15, -0.1) is 0 Å². The normalized spacial score (nSPS) is 25.6. The third kappa shape index (κ3) is 3.22.